The first kappa shape index (κ1) is 12.0. The van der Waals surface area contributed by atoms with Crippen molar-refractivity contribution in [1.82, 2.24) is 0 Å². The molecule has 18 heavy (non-hydrogen) atoms. The number of rotatable bonds is 0. The molecule has 2 aliphatic rings. The van der Waals surface area contributed by atoms with Crippen LogP contribution in [0.4, 0.5) is 0 Å². The molecule has 1 fully saturated rings. The zero-order valence-electron chi connectivity index (χ0n) is 9.17. The molecule has 1 saturated heterocycles. The van der Waals surface area contributed by atoms with Crippen molar-refractivity contribution in [2.75, 3.05) is 0 Å². The summed E-state index contributed by atoms with van der Waals surface area (Å²) in [5.41, 5.74) is 0.718. The predicted molar refractivity (Wildman–Crippen MR) is 56.5 cm³/mol. The summed E-state index contributed by atoms with van der Waals surface area (Å²) in [5, 5.41) is 0. The van der Waals surface area contributed by atoms with Crippen molar-refractivity contribution in [3.8, 4) is 0 Å². The Morgan fingerprint density at radius 3 is 1.50 bits per heavy atom. The third-order valence-electron chi connectivity index (χ3n) is 2.31. The zero-order valence-corrected chi connectivity index (χ0v) is 9.17. The van der Waals surface area contributed by atoms with E-state index in [9.17, 15) is 19.2 Å². The van der Waals surface area contributed by atoms with E-state index in [4.69, 9.17) is 0 Å². The third kappa shape index (κ3) is 2.42. The van der Waals surface area contributed by atoms with Crippen LogP contribution in [-0.4, -0.2) is 23.9 Å². The maximum Gasteiger partial charge on any atom is 0.346 e. The molecule has 2 heterocycles. The minimum Gasteiger partial charge on any atom is -0.393 e. The molecule has 0 atom stereocenters. The molecule has 0 N–H and O–H groups in total. The minimum atomic E-state index is -0.550. The molecule has 0 saturated carbocycles. The van der Waals surface area contributed by atoms with E-state index in [2.05, 4.69) is 9.47 Å². The first-order valence-corrected chi connectivity index (χ1v) is 5.17. The Morgan fingerprint density at radius 2 is 1.17 bits per heavy atom. The Kier molecular flexibility index (Phi) is 3.18. The normalized spacial score (nSPS) is 16.7. The SMILES string of the molecule is O=C1CCC(=O)O1.O=C1OC(=O)c2ccccc21. The highest BCUT2D eigenvalue weighted by atomic mass is 16.6. The molecule has 6 nitrogen and oxygen atoms in total. The molecular formula is C12H8O6. The van der Waals surface area contributed by atoms with E-state index in [1.807, 2.05) is 0 Å². The molecule has 0 aliphatic carbocycles. The van der Waals surface area contributed by atoms with Crippen LogP contribution in [0.25, 0.3) is 0 Å². The fraction of sp³-hybridized carbons (Fsp3) is 0.167. The number of fused-ring (bicyclic) bond motifs is 1. The average Bonchev–Trinajstić information content (AvgIpc) is 2.85. The lowest BCUT2D eigenvalue weighted by Gasteiger charge is -1.86. The number of benzene rings is 1. The van der Waals surface area contributed by atoms with E-state index in [1.165, 1.54) is 0 Å². The molecule has 0 unspecified atom stereocenters. The van der Waals surface area contributed by atoms with Crippen LogP contribution in [0.15, 0.2) is 24.3 Å². The van der Waals surface area contributed by atoms with Crippen molar-refractivity contribution < 1.29 is 28.7 Å². The van der Waals surface area contributed by atoms with Crippen LogP contribution < -0.4 is 0 Å². The molecule has 0 aromatic heterocycles. The van der Waals surface area contributed by atoms with Gasteiger partial charge in [0.1, 0.15) is 0 Å². The largest absolute Gasteiger partial charge is 0.393 e. The number of cyclic esters (lactones) is 4. The number of ether oxygens (including phenoxy) is 2. The summed E-state index contributed by atoms with van der Waals surface area (Å²) in [6.07, 6.45) is 0.525. The van der Waals surface area contributed by atoms with Gasteiger partial charge in [-0.2, -0.15) is 0 Å². The number of hydrogen-bond acceptors (Lipinski definition) is 6. The number of hydrogen-bond donors (Lipinski definition) is 0. The fourth-order valence-corrected chi connectivity index (χ4v) is 1.47. The van der Waals surface area contributed by atoms with Gasteiger partial charge in [-0.15, -0.1) is 0 Å². The van der Waals surface area contributed by atoms with E-state index < -0.39 is 23.9 Å². The molecule has 0 bridgehead atoms. The van der Waals surface area contributed by atoms with Crippen molar-refractivity contribution in [3.63, 3.8) is 0 Å². The summed E-state index contributed by atoms with van der Waals surface area (Å²) in [6, 6.07) is 6.53. The van der Waals surface area contributed by atoms with Crippen molar-refractivity contribution in [3.05, 3.63) is 35.4 Å². The second kappa shape index (κ2) is 4.79. The van der Waals surface area contributed by atoms with Gasteiger partial charge in [-0.05, 0) is 12.1 Å². The molecule has 3 rings (SSSR count). The summed E-state index contributed by atoms with van der Waals surface area (Å²) in [5.74, 6) is -1.90. The molecule has 6 heteroatoms. The number of carbonyl (C=O) groups is 4. The minimum absolute atomic E-state index is 0.263. The van der Waals surface area contributed by atoms with Gasteiger partial charge in [-0.25, -0.2) is 9.59 Å². The molecular weight excluding hydrogens is 240 g/mol. The lowest BCUT2D eigenvalue weighted by molar-refractivity contribution is -0.151. The van der Waals surface area contributed by atoms with E-state index in [0.717, 1.165) is 0 Å². The molecule has 1 aromatic rings. The molecule has 1 aromatic carbocycles. The van der Waals surface area contributed by atoms with Gasteiger partial charge in [-0.3, -0.25) is 9.59 Å². The van der Waals surface area contributed by atoms with Gasteiger partial charge in [0.15, 0.2) is 0 Å². The number of esters is 4. The average molecular weight is 248 g/mol. The molecule has 2 aliphatic heterocycles. The van der Waals surface area contributed by atoms with Crippen LogP contribution in [0.5, 0.6) is 0 Å². The van der Waals surface area contributed by atoms with Gasteiger partial charge in [0.25, 0.3) is 0 Å². The molecule has 0 spiro atoms. The Labute approximate surface area is 101 Å². The Balaban J connectivity index is 0.000000149. The Hall–Kier alpha value is -2.50. The van der Waals surface area contributed by atoms with Crippen molar-refractivity contribution >= 4 is 23.9 Å². The van der Waals surface area contributed by atoms with Crippen molar-refractivity contribution in [2.45, 2.75) is 12.8 Å². The van der Waals surface area contributed by atoms with Gasteiger partial charge in [0, 0.05) is 0 Å². The standard InChI is InChI=1S/C8H4O3.C4H4O3/c9-7-5-3-1-2-4-6(5)8(10)11-7;5-3-1-2-4(6)7-3/h1-4H;1-2H2. The van der Waals surface area contributed by atoms with Gasteiger partial charge < -0.3 is 9.47 Å². The Morgan fingerprint density at radius 1 is 0.722 bits per heavy atom. The van der Waals surface area contributed by atoms with Crippen molar-refractivity contribution in [1.29, 1.82) is 0 Å². The molecule has 0 amide bonds. The van der Waals surface area contributed by atoms with Crippen LogP contribution in [-0.2, 0) is 19.1 Å². The zero-order chi connectivity index (χ0) is 13.1. The second-order valence-electron chi connectivity index (χ2n) is 3.57. The summed E-state index contributed by atoms with van der Waals surface area (Å²) < 4.78 is 8.44. The maximum absolute atomic E-state index is 10.8. The maximum atomic E-state index is 10.8. The first-order valence-electron chi connectivity index (χ1n) is 5.17. The summed E-state index contributed by atoms with van der Waals surface area (Å²) >= 11 is 0. The lowest BCUT2D eigenvalue weighted by atomic mass is 10.1. The van der Waals surface area contributed by atoms with E-state index in [-0.39, 0.29) is 12.8 Å². The van der Waals surface area contributed by atoms with Crippen LogP contribution >= 0.6 is 0 Å². The molecule has 92 valence electrons. The smallest absolute Gasteiger partial charge is 0.346 e. The highest BCUT2D eigenvalue weighted by Gasteiger charge is 2.28. The van der Waals surface area contributed by atoms with Gasteiger partial charge in [-0.1, -0.05) is 12.1 Å². The van der Waals surface area contributed by atoms with E-state index in [1.54, 1.807) is 24.3 Å². The van der Waals surface area contributed by atoms with Crippen LogP contribution in [0, 0.1) is 0 Å². The van der Waals surface area contributed by atoms with Crippen LogP contribution in [0.1, 0.15) is 33.6 Å². The second-order valence-corrected chi connectivity index (χ2v) is 3.57. The topological polar surface area (TPSA) is 86.7 Å². The van der Waals surface area contributed by atoms with Crippen molar-refractivity contribution in [2.24, 2.45) is 0 Å². The highest BCUT2D eigenvalue weighted by Crippen LogP contribution is 2.18. The Bertz CT molecular complexity index is 498. The van der Waals surface area contributed by atoms with Crippen LogP contribution in [0.2, 0.25) is 0 Å². The molecule has 0 radical (unpaired) electrons. The summed E-state index contributed by atoms with van der Waals surface area (Å²) in [7, 11) is 0. The summed E-state index contributed by atoms with van der Waals surface area (Å²) in [6.45, 7) is 0. The third-order valence-corrected chi connectivity index (χ3v) is 2.31. The van der Waals surface area contributed by atoms with Gasteiger partial charge in [0.2, 0.25) is 0 Å². The van der Waals surface area contributed by atoms with E-state index >= 15 is 0 Å². The predicted octanol–water partition coefficient (Wildman–Crippen LogP) is 0.847. The lowest BCUT2D eigenvalue weighted by Crippen LogP contribution is -1.96. The summed E-state index contributed by atoms with van der Waals surface area (Å²) in [4.78, 5) is 41.7. The van der Waals surface area contributed by atoms with Crippen LogP contribution in [0.3, 0.4) is 0 Å². The monoisotopic (exact) mass is 248 g/mol. The highest BCUT2D eigenvalue weighted by molar-refractivity contribution is 6.14. The quantitative estimate of drug-likeness (QED) is 0.499. The fourth-order valence-electron chi connectivity index (χ4n) is 1.47. The van der Waals surface area contributed by atoms with Gasteiger partial charge in [0.05, 0.1) is 24.0 Å². The first-order chi connectivity index (χ1) is 8.58. The van der Waals surface area contributed by atoms with Gasteiger partial charge >= 0.3 is 23.9 Å². The number of carbonyl (C=O) groups excluding carboxylic acids is 4. The van der Waals surface area contributed by atoms with E-state index in [0.29, 0.717) is 11.1 Å².